The number of hydrogen-bond donors (Lipinski definition) is 0. The van der Waals surface area contributed by atoms with E-state index in [1.807, 2.05) is 13.1 Å². The van der Waals surface area contributed by atoms with Crippen LogP contribution in [0.4, 0.5) is 4.39 Å². The summed E-state index contributed by atoms with van der Waals surface area (Å²) in [6.07, 6.45) is 2.44. The fourth-order valence-corrected chi connectivity index (χ4v) is 4.72. The van der Waals surface area contributed by atoms with E-state index in [2.05, 4.69) is 4.98 Å². The molecule has 2 aromatic heterocycles. The molecule has 0 unspecified atom stereocenters. The van der Waals surface area contributed by atoms with Crippen molar-refractivity contribution in [2.24, 2.45) is 7.05 Å². The van der Waals surface area contributed by atoms with Crippen molar-refractivity contribution in [1.29, 1.82) is 0 Å². The van der Waals surface area contributed by atoms with E-state index < -0.39 is 0 Å². The zero-order chi connectivity index (χ0) is 22.2. The van der Waals surface area contributed by atoms with Crippen molar-refractivity contribution in [2.45, 2.75) is 12.3 Å². The van der Waals surface area contributed by atoms with Crippen molar-refractivity contribution >= 4 is 22.7 Å². The molecule has 2 aliphatic heterocycles. The van der Waals surface area contributed by atoms with Gasteiger partial charge in [0.1, 0.15) is 11.5 Å². The van der Waals surface area contributed by atoms with E-state index in [1.165, 1.54) is 12.1 Å². The fraction of sp³-hybridized carbons (Fsp3) is 0.375. The average Bonchev–Trinajstić information content (AvgIpc) is 3.44. The normalized spacial score (nSPS) is 19.0. The number of likely N-dealkylation sites (tertiary alicyclic amines) is 1. The predicted molar refractivity (Wildman–Crippen MR) is 117 cm³/mol. The molecule has 0 saturated carbocycles. The summed E-state index contributed by atoms with van der Waals surface area (Å²) in [5.74, 6) is -0.455. The summed E-state index contributed by atoms with van der Waals surface area (Å²) in [6, 6.07) is 9.87. The molecule has 2 amide bonds. The molecule has 166 valence electrons. The lowest BCUT2D eigenvalue weighted by Gasteiger charge is -2.28. The summed E-state index contributed by atoms with van der Waals surface area (Å²) in [7, 11) is 1.82. The topological polar surface area (TPSA) is 67.7 Å². The first-order valence-electron chi connectivity index (χ1n) is 10.9. The number of carbonyl (C=O) groups is 2. The predicted octanol–water partition coefficient (Wildman–Crippen LogP) is 2.81. The molecule has 2 aliphatic rings. The molecule has 5 rings (SSSR count). The number of nitrogens with zero attached hydrogens (tertiary/aromatic N) is 4. The molecule has 1 atom stereocenters. The molecule has 2 fully saturated rings. The monoisotopic (exact) mass is 436 g/mol. The van der Waals surface area contributed by atoms with Gasteiger partial charge in [0.25, 0.3) is 11.8 Å². The number of rotatable bonds is 3. The summed E-state index contributed by atoms with van der Waals surface area (Å²) in [4.78, 5) is 34.5. The van der Waals surface area contributed by atoms with E-state index in [0.717, 1.165) is 17.6 Å². The Hall–Kier alpha value is -3.26. The minimum atomic E-state index is -0.323. The van der Waals surface area contributed by atoms with Crippen molar-refractivity contribution in [3.8, 4) is 0 Å². The minimum absolute atomic E-state index is 0.00716. The average molecular weight is 436 g/mol. The number of ether oxygens (including phenoxy) is 1. The van der Waals surface area contributed by atoms with E-state index in [-0.39, 0.29) is 23.5 Å². The molecule has 8 heteroatoms. The maximum atomic E-state index is 13.6. The molecule has 32 heavy (non-hydrogen) atoms. The Kier molecular flexibility index (Phi) is 5.38. The molecule has 0 spiro atoms. The van der Waals surface area contributed by atoms with Crippen LogP contribution in [0, 0.1) is 5.82 Å². The van der Waals surface area contributed by atoms with Gasteiger partial charge in [-0.1, -0.05) is 0 Å². The molecule has 7 nitrogen and oxygen atoms in total. The lowest BCUT2D eigenvalue weighted by atomic mass is 9.98. The first-order chi connectivity index (χ1) is 15.5. The van der Waals surface area contributed by atoms with Gasteiger partial charge in [-0.15, -0.1) is 0 Å². The number of aryl methyl sites for hydroxylation is 1. The van der Waals surface area contributed by atoms with E-state index in [0.29, 0.717) is 56.0 Å². The van der Waals surface area contributed by atoms with Gasteiger partial charge in [-0.05, 0) is 42.8 Å². The third-order valence-electron chi connectivity index (χ3n) is 6.45. The Bertz CT molecular complexity index is 1190. The Morgan fingerprint density at radius 3 is 2.69 bits per heavy atom. The molecule has 1 aromatic carbocycles. The van der Waals surface area contributed by atoms with Crippen molar-refractivity contribution in [3.63, 3.8) is 0 Å². The molecule has 3 aromatic rings. The molecule has 0 radical (unpaired) electrons. The minimum Gasteiger partial charge on any atom is -0.378 e. The maximum Gasteiger partial charge on any atom is 0.270 e. The van der Waals surface area contributed by atoms with Gasteiger partial charge in [-0.2, -0.15) is 0 Å². The molecule has 0 bridgehead atoms. The van der Waals surface area contributed by atoms with Crippen molar-refractivity contribution in [2.75, 3.05) is 39.4 Å². The zero-order valence-corrected chi connectivity index (χ0v) is 18.0. The highest BCUT2D eigenvalue weighted by Gasteiger charge is 2.33. The Morgan fingerprint density at radius 2 is 1.88 bits per heavy atom. The van der Waals surface area contributed by atoms with Crippen LogP contribution in [-0.2, 0) is 11.8 Å². The third kappa shape index (κ3) is 3.64. The first-order valence-corrected chi connectivity index (χ1v) is 10.9. The van der Waals surface area contributed by atoms with Crippen LogP contribution in [0.2, 0.25) is 0 Å². The number of carbonyl (C=O) groups excluding carboxylic acids is 2. The Balaban J connectivity index is 1.37. The number of amides is 2. The van der Waals surface area contributed by atoms with Crippen LogP contribution in [0.3, 0.4) is 0 Å². The van der Waals surface area contributed by atoms with Gasteiger partial charge in [0, 0.05) is 56.2 Å². The number of benzene rings is 1. The fourth-order valence-electron chi connectivity index (χ4n) is 4.72. The maximum absolute atomic E-state index is 13.6. The molecule has 2 saturated heterocycles. The van der Waals surface area contributed by atoms with Crippen molar-refractivity contribution in [1.82, 2.24) is 19.4 Å². The largest absolute Gasteiger partial charge is 0.378 e. The summed E-state index contributed by atoms with van der Waals surface area (Å²) in [5.41, 5.74) is 2.69. The lowest BCUT2D eigenvalue weighted by Crippen LogP contribution is -2.41. The van der Waals surface area contributed by atoms with Crippen LogP contribution in [0.15, 0.2) is 42.6 Å². The van der Waals surface area contributed by atoms with Gasteiger partial charge in [-0.3, -0.25) is 14.6 Å². The van der Waals surface area contributed by atoms with Gasteiger partial charge in [0.2, 0.25) is 0 Å². The van der Waals surface area contributed by atoms with E-state index in [4.69, 9.17) is 4.74 Å². The van der Waals surface area contributed by atoms with Gasteiger partial charge in [0.15, 0.2) is 0 Å². The van der Waals surface area contributed by atoms with Crippen molar-refractivity contribution < 1.29 is 18.7 Å². The second kappa shape index (κ2) is 8.35. The number of hydrogen-bond acceptors (Lipinski definition) is 4. The molecule has 0 N–H and O–H groups in total. The summed E-state index contributed by atoms with van der Waals surface area (Å²) in [6.45, 7) is 3.31. The van der Waals surface area contributed by atoms with Gasteiger partial charge >= 0.3 is 0 Å². The number of morpholine rings is 1. The Labute approximate surface area is 185 Å². The highest BCUT2D eigenvalue weighted by atomic mass is 19.1. The smallest absolute Gasteiger partial charge is 0.270 e. The Morgan fingerprint density at radius 1 is 1.06 bits per heavy atom. The standard InChI is InChI=1S/C24H25FN4O3/c1-27-20-5-4-18(25)13-17(20)14-21(27)24(31)29-8-6-16(15-29)22-19(3-2-7-26-22)23(30)28-9-11-32-12-10-28/h2-5,7,13-14,16H,6,8-12,15H2,1H3/t16-/m0/s1. The van der Waals surface area contributed by atoms with Crippen LogP contribution < -0.4 is 0 Å². The number of halogens is 1. The number of aromatic nitrogens is 2. The van der Waals surface area contributed by atoms with E-state index >= 15 is 0 Å². The first kappa shape index (κ1) is 20.6. The zero-order valence-electron chi connectivity index (χ0n) is 18.0. The lowest BCUT2D eigenvalue weighted by molar-refractivity contribution is 0.0301. The second-order valence-electron chi connectivity index (χ2n) is 8.37. The summed E-state index contributed by atoms with van der Waals surface area (Å²) >= 11 is 0. The van der Waals surface area contributed by atoms with Crippen LogP contribution in [0.5, 0.6) is 0 Å². The summed E-state index contributed by atoms with van der Waals surface area (Å²) in [5, 5.41) is 0.703. The summed E-state index contributed by atoms with van der Waals surface area (Å²) < 4.78 is 20.8. The number of pyridine rings is 1. The van der Waals surface area contributed by atoms with Gasteiger partial charge in [-0.25, -0.2) is 4.39 Å². The van der Waals surface area contributed by atoms with Crippen LogP contribution in [0.1, 0.15) is 38.9 Å². The number of fused-ring (bicyclic) bond motifs is 1. The molecule has 4 heterocycles. The molecular weight excluding hydrogens is 411 g/mol. The van der Waals surface area contributed by atoms with Crippen LogP contribution >= 0.6 is 0 Å². The highest BCUT2D eigenvalue weighted by molar-refractivity contribution is 5.99. The van der Waals surface area contributed by atoms with Crippen LogP contribution in [-0.4, -0.2) is 70.6 Å². The molecule has 0 aliphatic carbocycles. The van der Waals surface area contributed by atoms with E-state index in [1.54, 1.807) is 38.8 Å². The second-order valence-corrected chi connectivity index (χ2v) is 8.37. The van der Waals surface area contributed by atoms with Gasteiger partial charge < -0.3 is 19.1 Å². The van der Waals surface area contributed by atoms with Gasteiger partial charge in [0.05, 0.1) is 24.5 Å². The highest BCUT2D eigenvalue weighted by Crippen LogP contribution is 2.30. The van der Waals surface area contributed by atoms with E-state index in [9.17, 15) is 14.0 Å². The molecular formula is C24H25FN4O3. The van der Waals surface area contributed by atoms with Crippen LogP contribution in [0.25, 0.3) is 10.9 Å². The third-order valence-corrected chi connectivity index (χ3v) is 6.45. The van der Waals surface area contributed by atoms with Crippen molar-refractivity contribution in [3.05, 3.63) is 65.4 Å². The quantitative estimate of drug-likeness (QED) is 0.633. The SMILES string of the molecule is Cn1c(C(=O)N2CC[C@H](c3ncccc3C(=O)N3CCOCC3)C2)cc2cc(F)ccc21.